The highest BCUT2D eigenvalue weighted by molar-refractivity contribution is 5.54. The van der Waals surface area contributed by atoms with Gasteiger partial charge in [-0.1, -0.05) is 0 Å². The first-order valence-electron chi connectivity index (χ1n) is 7.35. The summed E-state index contributed by atoms with van der Waals surface area (Å²) in [6, 6.07) is 2.91. The molecule has 0 radical (unpaired) electrons. The fraction of sp³-hybridized carbons (Fsp3) is 0.643. The van der Waals surface area contributed by atoms with E-state index in [0.29, 0.717) is 11.6 Å². The van der Waals surface area contributed by atoms with Crippen molar-refractivity contribution >= 4 is 17.3 Å². The van der Waals surface area contributed by atoms with Crippen LogP contribution in [0.3, 0.4) is 0 Å². The predicted octanol–water partition coefficient (Wildman–Crippen LogP) is 2.18. The van der Waals surface area contributed by atoms with Crippen molar-refractivity contribution in [3.63, 3.8) is 0 Å². The molecule has 0 aliphatic carbocycles. The molecule has 7 nitrogen and oxygen atoms in total. The summed E-state index contributed by atoms with van der Waals surface area (Å²) in [7, 11) is 3.86. The molecule has 21 heavy (non-hydrogen) atoms. The van der Waals surface area contributed by atoms with E-state index >= 15 is 0 Å². The Bertz CT molecular complexity index is 486. The first kappa shape index (κ1) is 15.5. The van der Waals surface area contributed by atoms with Crippen molar-refractivity contribution in [3.8, 4) is 0 Å². The molecule has 0 unspecified atom stereocenters. The van der Waals surface area contributed by atoms with E-state index < -0.39 is 4.92 Å². The second-order valence-corrected chi connectivity index (χ2v) is 5.57. The highest BCUT2D eigenvalue weighted by Gasteiger charge is 2.16. The van der Waals surface area contributed by atoms with E-state index in [1.807, 2.05) is 0 Å². The van der Waals surface area contributed by atoms with Crippen LogP contribution in [0.1, 0.15) is 19.3 Å². The maximum Gasteiger partial charge on any atom is 0.276 e. The lowest BCUT2D eigenvalue weighted by atomic mass is 9.94. The van der Waals surface area contributed by atoms with Crippen molar-refractivity contribution in [2.75, 3.05) is 44.4 Å². The fourth-order valence-electron chi connectivity index (χ4n) is 2.60. The third kappa shape index (κ3) is 4.56. The van der Waals surface area contributed by atoms with E-state index in [1.165, 1.54) is 25.0 Å². The van der Waals surface area contributed by atoms with Gasteiger partial charge >= 0.3 is 0 Å². The summed E-state index contributed by atoms with van der Waals surface area (Å²) in [4.78, 5) is 17.1. The van der Waals surface area contributed by atoms with Crippen LogP contribution in [0.5, 0.6) is 0 Å². The summed E-state index contributed by atoms with van der Waals surface area (Å²) < 4.78 is 0. The number of aromatic nitrogens is 1. The standard InChI is InChI=1S/C14H23N5O2/c1-15-13-9-12(19(20)21)10-14(17-13)16-6-3-11-4-7-18(2)8-5-11/h9-11H,3-8H2,1-2H3,(H2,15,16,17). The van der Waals surface area contributed by atoms with Gasteiger partial charge in [0.15, 0.2) is 0 Å². The minimum absolute atomic E-state index is 0.0520. The quantitative estimate of drug-likeness (QED) is 0.618. The van der Waals surface area contributed by atoms with Crippen LogP contribution in [0, 0.1) is 16.0 Å². The molecule has 0 aromatic carbocycles. The Morgan fingerprint density at radius 3 is 2.67 bits per heavy atom. The molecule has 116 valence electrons. The molecule has 2 N–H and O–H groups in total. The zero-order chi connectivity index (χ0) is 15.2. The Hall–Kier alpha value is -1.89. The molecule has 1 fully saturated rings. The van der Waals surface area contributed by atoms with Gasteiger partial charge in [-0.3, -0.25) is 10.1 Å². The van der Waals surface area contributed by atoms with Crippen molar-refractivity contribution < 1.29 is 4.92 Å². The average Bonchev–Trinajstić information content (AvgIpc) is 2.49. The molecule has 7 heteroatoms. The lowest BCUT2D eigenvalue weighted by Crippen LogP contribution is -2.30. The summed E-state index contributed by atoms with van der Waals surface area (Å²) in [6.07, 6.45) is 3.53. The Morgan fingerprint density at radius 1 is 1.38 bits per heavy atom. The third-order valence-electron chi connectivity index (χ3n) is 3.97. The van der Waals surface area contributed by atoms with Crippen LogP contribution < -0.4 is 10.6 Å². The van der Waals surface area contributed by atoms with E-state index in [-0.39, 0.29) is 5.69 Å². The SMILES string of the molecule is CNc1cc([N+](=O)[O-])cc(NCCC2CCN(C)CC2)n1. The van der Waals surface area contributed by atoms with E-state index in [0.717, 1.165) is 32.0 Å². The monoisotopic (exact) mass is 293 g/mol. The zero-order valence-corrected chi connectivity index (χ0v) is 12.6. The fourth-order valence-corrected chi connectivity index (χ4v) is 2.60. The summed E-state index contributed by atoms with van der Waals surface area (Å²) in [6.45, 7) is 3.11. The summed E-state index contributed by atoms with van der Waals surface area (Å²) in [5, 5.41) is 16.9. The van der Waals surface area contributed by atoms with Crippen LogP contribution >= 0.6 is 0 Å². The van der Waals surface area contributed by atoms with Crippen LogP contribution in [-0.2, 0) is 0 Å². The van der Waals surface area contributed by atoms with Gasteiger partial charge in [0.1, 0.15) is 11.6 Å². The molecule has 0 spiro atoms. The number of hydrogen-bond donors (Lipinski definition) is 2. The van der Waals surface area contributed by atoms with Crippen molar-refractivity contribution in [2.24, 2.45) is 5.92 Å². The average molecular weight is 293 g/mol. The summed E-state index contributed by atoms with van der Waals surface area (Å²) in [5.41, 5.74) is 0.0520. The van der Waals surface area contributed by atoms with Crippen LogP contribution in [0.2, 0.25) is 0 Å². The van der Waals surface area contributed by atoms with Crippen molar-refractivity contribution in [1.82, 2.24) is 9.88 Å². The van der Waals surface area contributed by atoms with Crippen molar-refractivity contribution in [3.05, 3.63) is 22.2 Å². The number of likely N-dealkylation sites (tertiary alicyclic amines) is 1. The number of rotatable bonds is 6. The largest absolute Gasteiger partial charge is 0.373 e. The minimum Gasteiger partial charge on any atom is -0.373 e. The molecule has 1 aliphatic heterocycles. The van der Waals surface area contributed by atoms with E-state index in [9.17, 15) is 10.1 Å². The lowest BCUT2D eigenvalue weighted by molar-refractivity contribution is -0.384. The van der Waals surface area contributed by atoms with Gasteiger partial charge in [0, 0.05) is 13.6 Å². The van der Waals surface area contributed by atoms with Crippen LogP contribution in [0.15, 0.2) is 12.1 Å². The topological polar surface area (TPSA) is 83.3 Å². The summed E-state index contributed by atoms with van der Waals surface area (Å²) >= 11 is 0. The molecule has 2 rings (SSSR count). The summed E-state index contributed by atoms with van der Waals surface area (Å²) in [5.74, 6) is 1.80. The maximum atomic E-state index is 10.9. The molecular formula is C14H23N5O2. The molecule has 1 aromatic rings. The number of anilines is 2. The Morgan fingerprint density at radius 2 is 2.05 bits per heavy atom. The number of hydrogen-bond acceptors (Lipinski definition) is 6. The van der Waals surface area contributed by atoms with Crippen LogP contribution in [0.4, 0.5) is 17.3 Å². The maximum absolute atomic E-state index is 10.9. The smallest absolute Gasteiger partial charge is 0.276 e. The number of nitrogens with zero attached hydrogens (tertiary/aromatic N) is 3. The van der Waals surface area contributed by atoms with Gasteiger partial charge in [-0.05, 0) is 45.3 Å². The second kappa shape index (κ2) is 7.21. The van der Waals surface area contributed by atoms with Gasteiger partial charge in [-0.2, -0.15) is 0 Å². The first-order valence-corrected chi connectivity index (χ1v) is 7.35. The Balaban J connectivity index is 1.87. The first-order chi connectivity index (χ1) is 10.1. The third-order valence-corrected chi connectivity index (χ3v) is 3.97. The Labute approximate surface area is 124 Å². The molecule has 0 saturated carbocycles. The van der Waals surface area contributed by atoms with E-state index in [4.69, 9.17) is 0 Å². The van der Waals surface area contributed by atoms with E-state index in [1.54, 1.807) is 7.05 Å². The molecule has 2 heterocycles. The number of piperidine rings is 1. The van der Waals surface area contributed by atoms with Gasteiger partial charge < -0.3 is 15.5 Å². The second-order valence-electron chi connectivity index (χ2n) is 5.57. The molecule has 0 amide bonds. The van der Waals surface area contributed by atoms with Gasteiger partial charge in [0.05, 0.1) is 17.1 Å². The van der Waals surface area contributed by atoms with Crippen molar-refractivity contribution in [1.29, 1.82) is 0 Å². The zero-order valence-electron chi connectivity index (χ0n) is 12.6. The Kier molecular flexibility index (Phi) is 5.32. The van der Waals surface area contributed by atoms with E-state index in [2.05, 4.69) is 27.6 Å². The highest BCUT2D eigenvalue weighted by Crippen LogP contribution is 2.22. The molecular weight excluding hydrogens is 270 g/mol. The number of pyridine rings is 1. The lowest BCUT2D eigenvalue weighted by Gasteiger charge is -2.28. The highest BCUT2D eigenvalue weighted by atomic mass is 16.6. The number of nitro groups is 1. The van der Waals surface area contributed by atoms with Gasteiger partial charge in [-0.25, -0.2) is 4.98 Å². The minimum atomic E-state index is -0.398. The van der Waals surface area contributed by atoms with Crippen molar-refractivity contribution in [2.45, 2.75) is 19.3 Å². The molecule has 1 aromatic heterocycles. The predicted molar refractivity (Wildman–Crippen MR) is 83.8 cm³/mol. The van der Waals surface area contributed by atoms with Crippen LogP contribution in [-0.4, -0.2) is 48.5 Å². The normalized spacial score (nSPS) is 16.7. The number of nitrogens with one attached hydrogen (secondary N) is 2. The molecule has 1 saturated heterocycles. The van der Waals surface area contributed by atoms with Gasteiger partial charge in [-0.15, -0.1) is 0 Å². The van der Waals surface area contributed by atoms with Crippen LogP contribution in [0.25, 0.3) is 0 Å². The molecule has 0 atom stereocenters. The molecule has 1 aliphatic rings. The van der Waals surface area contributed by atoms with Gasteiger partial charge in [0.25, 0.3) is 5.69 Å². The van der Waals surface area contributed by atoms with Gasteiger partial charge in [0.2, 0.25) is 0 Å². The molecule has 0 bridgehead atoms.